The molecule has 110 valence electrons. The quantitative estimate of drug-likeness (QED) is 0.596. The van der Waals surface area contributed by atoms with Gasteiger partial charge in [-0.25, -0.2) is 18.6 Å². The Kier molecular flexibility index (Phi) is 3.80. The molecule has 2 heterocycles. The van der Waals surface area contributed by atoms with Gasteiger partial charge in [-0.2, -0.15) is 10.2 Å². The summed E-state index contributed by atoms with van der Waals surface area (Å²) in [5.41, 5.74) is 9.33. The average Bonchev–Trinajstić information content (AvgIpc) is 2.82. The summed E-state index contributed by atoms with van der Waals surface area (Å²) in [6.45, 7) is 3.65. The SMILES string of the molecule is Cc1nn([C@H]2CCS(=O)(=O)C2)c(C)c1/C=N\NC(N)=O. The van der Waals surface area contributed by atoms with Gasteiger partial charge >= 0.3 is 6.03 Å². The molecule has 1 fully saturated rings. The van der Waals surface area contributed by atoms with Gasteiger partial charge in [0, 0.05) is 11.3 Å². The zero-order chi connectivity index (χ0) is 14.9. The Morgan fingerprint density at radius 1 is 1.55 bits per heavy atom. The number of hydrogen-bond donors (Lipinski definition) is 2. The summed E-state index contributed by atoms with van der Waals surface area (Å²) < 4.78 is 24.8. The van der Waals surface area contributed by atoms with E-state index in [1.165, 1.54) is 6.21 Å². The number of carbonyl (C=O) groups excluding carboxylic acids is 1. The third-order valence-electron chi connectivity index (χ3n) is 3.30. The molecule has 1 saturated heterocycles. The van der Waals surface area contributed by atoms with E-state index in [1.54, 1.807) is 11.6 Å². The van der Waals surface area contributed by atoms with Crippen molar-refractivity contribution < 1.29 is 13.2 Å². The van der Waals surface area contributed by atoms with E-state index < -0.39 is 15.9 Å². The summed E-state index contributed by atoms with van der Waals surface area (Å²) in [4.78, 5) is 10.6. The molecule has 0 radical (unpaired) electrons. The summed E-state index contributed by atoms with van der Waals surface area (Å²) in [7, 11) is -2.96. The number of aryl methyl sites for hydroxylation is 1. The zero-order valence-electron chi connectivity index (χ0n) is 11.3. The molecular formula is C11H17N5O3S. The molecule has 1 aromatic rings. The van der Waals surface area contributed by atoms with Crippen LogP contribution in [-0.2, 0) is 9.84 Å². The molecule has 9 heteroatoms. The molecule has 0 aromatic carbocycles. The van der Waals surface area contributed by atoms with Crippen molar-refractivity contribution in [2.75, 3.05) is 11.5 Å². The normalized spacial score (nSPS) is 21.4. The van der Waals surface area contributed by atoms with Crippen molar-refractivity contribution in [2.24, 2.45) is 10.8 Å². The van der Waals surface area contributed by atoms with E-state index in [1.807, 2.05) is 6.92 Å². The fourth-order valence-corrected chi connectivity index (χ4v) is 4.04. The zero-order valence-corrected chi connectivity index (χ0v) is 12.1. The first-order chi connectivity index (χ1) is 9.30. The third-order valence-corrected chi connectivity index (χ3v) is 5.05. The maximum Gasteiger partial charge on any atom is 0.332 e. The van der Waals surface area contributed by atoms with Gasteiger partial charge in [0.05, 0.1) is 29.5 Å². The lowest BCUT2D eigenvalue weighted by Crippen LogP contribution is -2.24. The van der Waals surface area contributed by atoms with E-state index in [0.29, 0.717) is 6.42 Å². The minimum absolute atomic E-state index is 0.116. The van der Waals surface area contributed by atoms with Crippen LogP contribution in [0.4, 0.5) is 4.79 Å². The van der Waals surface area contributed by atoms with E-state index in [4.69, 9.17) is 5.73 Å². The van der Waals surface area contributed by atoms with Gasteiger partial charge in [0.25, 0.3) is 0 Å². The number of nitrogens with zero attached hydrogens (tertiary/aromatic N) is 3. The highest BCUT2D eigenvalue weighted by Crippen LogP contribution is 2.26. The van der Waals surface area contributed by atoms with E-state index in [2.05, 4.69) is 15.6 Å². The molecule has 2 rings (SSSR count). The number of hydrazone groups is 1. The Morgan fingerprint density at radius 3 is 2.80 bits per heavy atom. The van der Waals surface area contributed by atoms with Gasteiger partial charge in [-0.15, -0.1) is 0 Å². The van der Waals surface area contributed by atoms with Crippen molar-refractivity contribution in [3.05, 3.63) is 17.0 Å². The fourth-order valence-electron chi connectivity index (χ4n) is 2.35. The first-order valence-electron chi connectivity index (χ1n) is 6.15. The molecule has 1 aliphatic heterocycles. The highest BCUT2D eigenvalue weighted by atomic mass is 32.2. The number of rotatable bonds is 3. The van der Waals surface area contributed by atoms with Crippen molar-refractivity contribution in [1.29, 1.82) is 0 Å². The van der Waals surface area contributed by atoms with Crippen molar-refractivity contribution >= 4 is 22.1 Å². The van der Waals surface area contributed by atoms with Crippen molar-refractivity contribution in [2.45, 2.75) is 26.3 Å². The van der Waals surface area contributed by atoms with E-state index in [9.17, 15) is 13.2 Å². The van der Waals surface area contributed by atoms with Gasteiger partial charge < -0.3 is 5.73 Å². The monoisotopic (exact) mass is 299 g/mol. The van der Waals surface area contributed by atoms with Gasteiger partial charge in [0.15, 0.2) is 9.84 Å². The highest BCUT2D eigenvalue weighted by Gasteiger charge is 2.31. The minimum Gasteiger partial charge on any atom is -0.350 e. The van der Waals surface area contributed by atoms with Crippen LogP contribution >= 0.6 is 0 Å². The second kappa shape index (κ2) is 5.23. The summed E-state index contributed by atoms with van der Waals surface area (Å²) >= 11 is 0. The van der Waals surface area contributed by atoms with Crippen molar-refractivity contribution in [3.63, 3.8) is 0 Å². The average molecular weight is 299 g/mol. The van der Waals surface area contributed by atoms with Crippen LogP contribution in [0.5, 0.6) is 0 Å². The first-order valence-corrected chi connectivity index (χ1v) is 7.97. The number of urea groups is 1. The molecule has 3 N–H and O–H groups in total. The summed E-state index contributed by atoms with van der Waals surface area (Å²) in [6.07, 6.45) is 2.03. The van der Waals surface area contributed by atoms with Gasteiger partial charge in [-0.1, -0.05) is 0 Å². The molecule has 1 aromatic heterocycles. The molecule has 2 amide bonds. The number of sulfone groups is 1. The van der Waals surface area contributed by atoms with Crippen LogP contribution in [-0.4, -0.2) is 41.9 Å². The van der Waals surface area contributed by atoms with E-state index in [0.717, 1.165) is 17.0 Å². The van der Waals surface area contributed by atoms with E-state index >= 15 is 0 Å². The number of carbonyl (C=O) groups is 1. The largest absolute Gasteiger partial charge is 0.350 e. The first kappa shape index (κ1) is 14.5. The number of amides is 2. The summed E-state index contributed by atoms with van der Waals surface area (Å²) in [5.74, 6) is 0.313. The summed E-state index contributed by atoms with van der Waals surface area (Å²) in [6, 6.07) is -0.879. The Bertz CT molecular complexity index is 662. The maximum atomic E-state index is 11.5. The Labute approximate surface area is 116 Å². The Hall–Kier alpha value is -1.90. The number of hydrogen-bond acceptors (Lipinski definition) is 5. The van der Waals surface area contributed by atoms with Gasteiger partial charge in [-0.05, 0) is 20.3 Å². The number of aromatic nitrogens is 2. The summed E-state index contributed by atoms with van der Waals surface area (Å²) in [5, 5.41) is 8.08. The van der Waals surface area contributed by atoms with Gasteiger partial charge in [-0.3, -0.25) is 4.68 Å². The molecule has 0 bridgehead atoms. The molecular weight excluding hydrogens is 282 g/mol. The molecule has 0 saturated carbocycles. The lowest BCUT2D eigenvalue weighted by atomic mass is 10.2. The molecule has 0 aliphatic carbocycles. The lowest BCUT2D eigenvalue weighted by Gasteiger charge is -2.10. The smallest absolute Gasteiger partial charge is 0.332 e. The number of nitrogens with one attached hydrogen (secondary N) is 1. The van der Waals surface area contributed by atoms with Crippen LogP contribution in [0.25, 0.3) is 0 Å². The standard InChI is InChI=1S/C11H17N5O3S/c1-7-10(5-13-14-11(12)17)8(2)16(15-7)9-3-4-20(18,19)6-9/h5,9H,3-4,6H2,1-2H3,(H3,12,14,17)/b13-5-/t9-/m0/s1. The van der Waals surface area contributed by atoms with Crippen LogP contribution in [0.3, 0.4) is 0 Å². The van der Waals surface area contributed by atoms with Crippen LogP contribution in [0, 0.1) is 13.8 Å². The van der Waals surface area contributed by atoms with Gasteiger partial charge in [0.1, 0.15) is 0 Å². The predicted molar refractivity (Wildman–Crippen MR) is 74.3 cm³/mol. The second-order valence-electron chi connectivity index (χ2n) is 4.82. The van der Waals surface area contributed by atoms with Gasteiger partial charge in [0.2, 0.25) is 0 Å². The second-order valence-corrected chi connectivity index (χ2v) is 7.05. The number of nitrogens with two attached hydrogens (primary N) is 1. The van der Waals surface area contributed by atoms with Crippen LogP contribution in [0.2, 0.25) is 0 Å². The molecule has 1 atom stereocenters. The van der Waals surface area contributed by atoms with Crippen LogP contribution in [0.15, 0.2) is 5.10 Å². The van der Waals surface area contributed by atoms with Crippen molar-refractivity contribution in [1.82, 2.24) is 15.2 Å². The molecule has 1 aliphatic rings. The molecule has 8 nitrogen and oxygen atoms in total. The van der Waals surface area contributed by atoms with Crippen LogP contribution < -0.4 is 11.2 Å². The molecule has 0 unspecified atom stereocenters. The highest BCUT2D eigenvalue weighted by molar-refractivity contribution is 7.91. The minimum atomic E-state index is -2.96. The number of primary amides is 1. The lowest BCUT2D eigenvalue weighted by molar-refractivity contribution is 0.249. The maximum absolute atomic E-state index is 11.5. The molecule has 20 heavy (non-hydrogen) atoms. The molecule has 0 spiro atoms. The Balaban J connectivity index is 2.25. The topological polar surface area (TPSA) is 119 Å². The Morgan fingerprint density at radius 2 is 2.25 bits per heavy atom. The fraction of sp³-hybridized carbons (Fsp3) is 0.545. The van der Waals surface area contributed by atoms with E-state index in [-0.39, 0.29) is 17.5 Å². The van der Waals surface area contributed by atoms with Crippen molar-refractivity contribution in [3.8, 4) is 0 Å². The third kappa shape index (κ3) is 2.98. The van der Waals surface area contributed by atoms with Crippen LogP contribution in [0.1, 0.15) is 29.4 Å². The predicted octanol–water partition coefficient (Wildman–Crippen LogP) is -0.138.